The Morgan fingerprint density at radius 3 is 1.24 bits per heavy atom. The van der Waals surface area contributed by atoms with Crippen LogP contribution in [0.1, 0.15) is 51.4 Å². The van der Waals surface area contributed by atoms with Gasteiger partial charge in [-0.1, -0.05) is 77.6 Å². The minimum atomic E-state index is -0.995. The van der Waals surface area contributed by atoms with Gasteiger partial charge in [0.05, 0.1) is 0 Å². The van der Waals surface area contributed by atoms with E-state index >= 15 is 0 Å². The maximum absolute atomic E-state index is 2.68. The lowest BCUT2D eigenvalue weighted by Crippen LogP contribution is -2.39. The molecule has 0 bridgehead atoms. The molecule has 2 saturated carbocycles. The van der Waals surface area contributed by atoms with Gasteiger partial charge in [0.15, 0.2) is 0 Å². The lowest BCUT2D eigenvalue weighted by atomic mass is 10.4. The molecular formula is C14H30SSi2. The number of rotatable bonds is 4. The van der Waals surface area contributed by atoms with Crippen LogP contribution >= 0.6 is 10.7 Å². The van der Waals surface area contributed by atoms with Gasteiger partial charge in [-0.25, -0.2) is 10.7 Å². The second-order valence-electron chi connectivity index (χ2n) is 7.27. The molecule has 0 radical (unpaired) electrons. The van der Waals surface area contributed by atoms with Crippen LogP contribution in [0.15, 0.2) is 0 Å². The normalized spacial score (nSPS) is 24.7. The van der Waals surface area contributed by atoms with E-state index in [2.05, 4.69) is 36.8 Å². The van der Waals surface area contributed by atoms with Crippen molar-refractivity contribution in [1.82, 2.24) is 0 Å². The maximum Gasteiger partial charge on any atom is 0.107 e. The summed E-state index contributed by atoms with van der Waals surface area (Å²) in [6.07, 6.45) is 12.3. The second-order valence-corrected chi connectivity index (χ2v) is 24.3. The monoisotopic (exact) mass is 286 g/mol. The zero-order valence-electron chi connectivity index (χ0n) is 12.2. The molecule has 2 fully saturated rings. The Morgan fingerprint density at radius 2 is 0.941 bits per heavy atom. The van der Waals surface area contributed by atoms with Crippen molar-refractivity contribution in [3.63, 3.8) is 0 Å². The smallest absolute Gasteiger partial charge is 0.107 e. The molecule has 0 atom stereocenters. The molecular weight excluding hydrogens is 256 g/mol. The number of hydrogen-bond donors (Lipinski definition) is 0. The minimum absolute atomic E-state index is 0.995. The zero-order chi connectivity index (χ0) is 12.5. The summed E-state index contributed by atoms with van der Waals surface area (Å²) in [5.74, 6) is 0. The highest BCUT2D eigenvalue weighted by Gasteiger charge is 2.43. The Morgan fingerprint density at radius 1 is 0.647 bits per heavy atom. The van der Waals surface area contributed by atoms with Crippen molar-refractivity contribution in [2.24, 2.45) is 0 Å². The van der Waals surface area contributed by atoms with E-state index in [4.69, 9.17) is 0 Å². The standard InChI is InChI=1S/C14H30SSi2/c1-16(2,13-9-5-6-10-13)15-17(3,4)14-11-7-8-12-14/h13-14H,5-12H2,1-4H3. The molecule has 0 N–H and O–H groups in total. The third kappa shape index (κ3) is 3.41. The third-order valence-corrected chi connectivity index (χ3v) is 26.0. The van der Waals surface area contributed by atoms with Gasteiger partial charge in [-0.2, -0.15) is 0 Å². The highest BCUT2D eigenvalue weighted by atomic mass is 32.5. The van der Waals surface area contributed by atoms with Crippen LogP contribution < -0.4 is 0 Å². The summed E-state index contributed by atoms with van der Waals surface area (Å²) in [6.45, 7) is 10.7. The molecule has 2 aliphatic rings. The SMILES string of the molecule is C[Si](C)(S[Si](C)(C)C1CCCC1)C1CCCC1. The second kappa shape index (κ2) is 5.42. The van der Waals surface area contributed by atoms with Crippen LogP contribution in [0.3, 0.4) is 0 Å². The molecule has 0 aromatic heterocycles. The summed E-state index contributed by atoms with van der Waals surface area (Å²) in [7, 11) is 0.587. The summed E-state index contributed by atoms with van der Waals surface area (Å²) in [4.78, 5) is 0. The summed E-state index contributed by atoms with van der Waals surface area (Å²) < 4.78 is 0. The molecule has 0 amide bonds. The van der Waals surface area contributed by atoms with E-state index in [0.717, 1.165) is 11.1 Å². The lowest BCUT2D eigenvalue weighted by Gasteiger charge is -2.39. The Kier molecular flexibility index (Phi) is 4.52. The van der Waals surface area contributed by atoms with Gasteiger partial charge in [0.2, 0.25) is 0 Å². The van der Waals surface area contributed by atoms with E-state index < -0.39 is 14.4 Å². The summed E-state index contributed by atoms with van der Waals surface area (Å²) in [6, 6.07) is 0. The van der Waals surface area contributed by atoms with Crippen LogP contribution in [0.5, 0.6) is 0 Å². The molecule has 0 aromatic carbocycles. The third-order valence-electron chi connectivity index (χ3n) is 5.20. The summed E-state index contributed by atoms with van der Waals surface area (Å²) in [5.41, 5.74) is 2.28. The highest BCUT2D eigenvalue weighted by Crippen LogP contribution is 2.52. The Hall–Kier alpha value is 0.784. The molecule has 2 aliphatic carbocycles. The molecule has 3 heteroatoms. The molecule has 0 nitrogen and oxygen atoms in total. The average molecular weight is 287 g/mol. The predicted molar refractivity (Wildman–Crippen MR) is 87.0 cm³/mol. The van der Waals surface area contributed by atoms with Crippen molar-refractivity contribution in [2.75, 3.05) is 0 Å². The first-order chi connectivity index (χ1) is 7.92. The van der Waals surface area contributed by atoms with Gasteiger partial charge in [-0.3, -0.25) is 0 Å². The van der Waals surface area contributed by atoms with E-state index in [0.29, 0.717) is 0 Å². The molecule has 0 heterocycles. The van der Waals surface area contributed by atoms with Crippen LogP contribution in [0.2, 0.25) is 37.3 Å². The topological polar surface area (TPSA) is 0 Å². The van der Waals surface area contributed by atoms with E-state index in [9.17, 15) is 0 Å². The molecule has 100 valence electrons. The first kappa shape index (κ1) is 14.2. The van der Waals surface area contributed by atoms with Gasteiger partial charge < -0.3 is 0 Å². The van der Waals surface area contributed by atoms with Gasteiger partial charge in [0, 0.05) is 0 Å². The first-order valence-electron chi connectivity index (χ1n) is 7.62. The molecule has 0 aliphatic heterocycles. The summed E-state index contributed by atoms with van der Waals surface area (Å²) >= 11 is 0. The van der Waals surface area contributed by atoms with Crippen LogP contribution in [0.25, 0.3) is 0 Å². The molecule has 2 rings (SSSR count). The highest BCUT2D eigenvalue weighted by molar-refractivity contribution is 8.50. The van der Waals surface area contributed by atoms with Crippen LogP contribution in [0.4, 0.5) is 0 Å². The van der Waals surface area contributed by atoms with Crippen molar-refractivity contribution in [1.29, 1.82) is 0 Å². The molecule has 17 heavy (non-hydrogen) atoms. The summed E-state index contributed by atoms with van der Waals surface area (Å²) in [5, 5.41) is 0. The largest absolute Gasteiger partial charge is 0.205 e. The fourth-order valence-electron chi connectivity index (χ4n) is 4.09. The lowest BCUT2D eigenvalue weighted by molar-refractivity contribution is 0.848. The maximum atomic E-state index is 2.68. The van der Waals surface area contributed by atoms with Gasteiger partial charge in [0.25, 0.3) is 0 Å². The molecule has 0 saturated heterocycles. The van der Waals surface area contributed by atoms with Crippen molar-refractivity contribution < 1.29 is 0 Å². The van der Waals surface area contributed by atoms with Crippen LogP contribution in [0, 0.1) is 0 Å². The number of hydrogen-bond acceptors (Lipinski definition) is 1. The van der Waals surface area contributed by atoms with Gasteiger partial charge >= 0.3 is 0 Å². The van der Waals surface area contributed by atoms with Crippen LogP contribution in [-0.4, -0.2) is 14.4 Å². The van der Waals surface area contributed by atoms with Gasteiger partial charge in [-0.05, 0) is 11.1 Å². The van der Waals surface area contributed by atoms with E-state index in [1.54, 1.807) is 25.7 Å². The Labute approximate surface area is 114 Å². The van der Waals surface area contributed by atoms with Gasteiger partial charge in [-0.15, -0.1) is 0 Å². The zero-order valence-corrected chi connectivity index (χ0v) is 15.0. The van der Waals surface area contributed by atoms with Crippen LogP contribution in [-0.2, 0) is 0 Å². The van der Waals surface area contributed by atoms with Crippen molar-refractivity contribution in [3.8, 4) is 0 Å². The fraction of sp³-hybridized carbons (Fsp3) is 1.00. The van der Waals surface area contributed by atoms with Gasteiger partial charge in [0.1, 0.15) is 14.4 Å². The van der Waals surface area contributed by atoms with E-state index in [-0.39, 0.29) is 0 Å². The molecule has 0 unspecified atom stereocenters. The quantitative estimate of drug-likeness (QED) is 0.570. The molecule has 0 spiro atoms. The Balaban J connectivity index is 1.97. The van der Waals surface area contributed by atoms with E-state index in [1.165, 1.54) is 25.7 Å². The van der Waals surface area contributed by atoms with Crippen molar-refractivity contribution >= 4 is 25.1 Å². The fourth-order valence-corrected chi connectivity index (χ4v) is 31.1. The van der Waals surface area contributed by atoms with Crippen molar-refractivity contribution in [2.45, 2.75) is 88.6 Å². The average Bonchev–Trinajstić information content (AvgIpc) is 2.91. The minimum Gasteiger partial charge on any atom is -0.205 e. The molecule has 0 aromatic rings. The first-order valence-corrected chi connectivity index (χ1v) is 16.0. The van der Waals surface area contributed by atoms with Crippen molar-refractivity contribution in [3.05, 3.63) is 0 Å². The Bertz CT molecular complexity index is 225. The van der Waals surface area contributed by atoms with E-state index in [1.807, 2.05) is 0 Å². The predicted octanol–water partition coefficient (Wildman–Crippen LogP) is 6.02.